The smallest absolute Gasteiger partial charge is 0.250 e. The fourth-order valence-electron chi connectivity index (χ4n) is 1.64. The van der Waals surface area contributed by atoms with E-state index in [-0.39, 0.29) is 5.91 Å². The molecule has 0 saturated heterocycles. The van der Waals surface area contributed by atoms with Crippen LogP contribution in [0.25, 0.3) is 6.08 Å². The molecule has 0 spiro atoms. The number of halogens is 1. The summed E-state index contributed by atoms with van der Waals surface area (Å²) in [5, 5.41) is 0.657. The highest BCUT2D eigenvalue weighted by molar-refractivity contribution is 6.30. The molecule has 1 amide bonds. The molecule has 0 aliphatic heterocycles. The summed E-state index contributed by atoms with van der Waals surface area (Å²) in [6.07, 6.45) is 3.36. The van der Waals surface area contributed by atoms with Crippen molar-refractivity contribution in [2.75, 3.05) is 11.9 Å². The first-order valence-electron chi connectivity index (χ1n) is 5.93. The molecule has 0 aliphatic rings. The van der Waals surface area contributed by atoms with Crippen LogP contribution < -0.4 is 4.90 Å². The van der Waals surface area contributed by atoms with Crippen LogP contribution in [0.1, 0.15) is 5.56 Å². The Morgan fingerprint density at radius 2 is 1.68 bits per heavy atom. The molecule has 19 heavy (non-hydrogen) atoms. The summed E-state index contributed by atoms with van der Waals surface area (Å²) in [6, 6.07) is 16.9. The van der Waals surface area contributed by atoms with Crippen molar-refractivity contribution in [3.63, 3.8) is 0 Å². The highest BCUT2D eigenvalue weighted by Gasteiger charge is 2.06. The average Bonchev–Trinajstić information content (AvgIpc) is 2.46. The number of carbonyl (C=O) groups is 1. The quantitative estimate of drug-likeness (QED) is 0.772. The third-order valence-electron chi connectivity index (χ3n) is 2.76. The molecule has 3 heteroatoms. The molecule has 0 heterocycles. The molecule has 0 fully saturated rings. The summed E-state index contributed by atoms with van der Waals surface area (Å²) in [7, 11) is 1.74. The number of carbonyl (C=O) groups excluding carboxylic acids is 1. The Labute approximate surface area is 117 Å². The van der Waals surface area contributed by atoms with Crippen LogP contribution in [-0.2, 0) is 4.79 Å². The van der Waals surface area contributed by atoms with E-state index in [2.05, 4.69) is 0 Å². The van der Waals surface area contributed by atoms with Gasteiger partial charge < -0.3 is 4.90 Å². The number of amides is 1. The Kier molecular flexibility index (Phi) is 4.37. The number of anilines is 1. The molecule has 0 atom stereocenters. The van der Waals surface area contributed by atoms with Gasteiger partial charge in [-0.05, 0) is 35.9 Å². The highest BCUT2D eigenvalue weighted by atomic mass is 35.5. The first-order chi connectivity index (χ1) is 9.16. The van der Waals surface area contributed by atoms with Gasteiger partial charge in [0, 0.05) is 23.8 Å². The van der Waals surface area contributed by atoms with E-state index in [0.29, 0.717) is 5.02 Å². The molecule has 0 unspecified atom stereocenters. The Morgan fingerprint density at radius 1 is 1.05 bits per heavy atom. The first-order valence-corrected chi connectivity index (χ1v) is 6.31. The molecule has 0 bridgehead atoms. The largest absolute Gasteiger partial charge is 0.312 e. The number of rotatable bonds is 3. The van der Waals surface area contributed by atoms with Crippen molar-refractivity contribution in [3.05, 3.63) is 71.3 Å². The lowest BCUT2D eigenvalue weighted by Crippen LogP contribution is -2.23. The topological polar surface area (TPSA) is 20.3 Å². The summed E-state index contributed by atoms with van der Waals surface area (Å²) < 4.78 is 0. The van der Waals surface area contributed by atoms with E-state index in [1.807, 2.05) is 42.5 Å². The molecule has 0 radical (unpaired) electrons. The second-order valence-corrected chi connectivity index (χ2v) is 4.55. The van der Waals surface area contributed by atoms with E-state index >= 15 is 0 Å². The van der Waals surface area contributed by atoms with Crippen molar-refractivity contribution in [1.29, 1.82) is 0 Å². The third kappa shape index (κ3) is 3.70. The zero-order valence-corrected chi connectivity index (χ0v) is 11.3. The van der Waals surface area contributed by atoms with Gasteiger partial charge in [0.2, 0.25) is 0 Å². The second-order valence-electron chi connectivity index (χ2n) is 4.12. The van der Waals surface area contributed by atoms with Crippen LogP contribution in [0.4, 0.5) is 5.69 Å². The molecule has 0 aromatic heterocycles. The van der Waals surface area contributed by atoms with Gasteiger partial charge in [0.25, 0.3) is 5.91 Å². The molecule has 0 saturated carbocycles. The van der Waals surface area contributed by atoms with Gasteiger partial charge in [-0.15, -0.1) is 0 Å². The van der Waals surface area contributed by atoms with Crippen LogP contribution >= 0.6 is 11.6 Å². The Morgan fingerprint density at radius 3 is 2.32 bits per heavy atom. The predicted octanol–water partition coefficient (Wildman–Crippen LogP) is 4.02. The van der Waals surface area contributed by atoms with E-state index in [0.717, 1.165) is 11.3 Å². The average molecular weight is 272 g/mol. The van der Waals surface area contributed by atoms with E-state index in [1.165, 1.54) is 0 Å². The number of benzene rings is 2. The van der Waals surface area contributed by atoms with Crippen LogP contribution in [0.3, 0.4) is 0 Å². The monoisotopic (exact) mass is 271 g/mol. The van der Waals surface area contributed by atoms with Crippen molar-refractivity contribution in [2.24, 2.45) is 0 Å². The van der Waals surface area contributed by atoms with Crippen LogP contribution in [-0.4, -0.2) is 13.0 Å². The van der Waals surface area contributed by atoms with Gasteiger partial charge in [0.1, 0.15) is 0 Å². The van der Waals surface area contributed by atoms with E-state index in [9.17, 15) is 4.79 Å². The Balaban J connectivity index is 2.07. The molecule has 0 aliphatic carbocycles. The van der Waals surface area contributed by atoms with Crippen molar-refractivity contribution >= 4 is 29.3 Å². The predicted molar refractivity (Wildman–Crippen MR) is 80.3 cm³/mol. The maximum Gasteiger partial charge on any atom is 0.250 e. The summed E-state index contributed by atoms with van der Waals surface area (Å²) in [5.74, 6) is -0.0776. The third-order valence-corrected chi connectivity index (χ3v) is 3.01. The minimum Gasteiger partial charge on any atom is -0.312 e. The van der Waals surface area contributed by atoms with Crippen LogP contribution in [0.2, 0.25) is 5.02 Å². The zero-order chi connectivity index (χ0) is 13.7. The van der Waals surface area contributed by atoms with Gasteiger partial charge in [-0.25, -0.2) is 0 Å². The lowest BCUT2D eigenvalue weighted by molar-refractivity contribution is -0.113. The normalized spacial score (nSPS) is 10.6. The molecule has 2 nitrogen and oxygen atoms in total. The fourth-order valence-corrected chi connectivity index (χ4v) is 1.76. The fraction of sp³-hybridized carbons (Fsp3) is 0.0625. The summed E-state index contributed by atoms with van der Waals surface area (Å²) >= 11 is 5.82. The first kappa shape index (κ1) is 13.4. The molecule has 2 aromatic carbocycles. The van der Waals surface area contributed by atoms with Gasteiger partial charge in [0.15, 0.2) is 0 Å². The molecular weight excluding hydrogens is 258 g/mol. The van der Waals surface area contributed by atoms with Crippen molar-refractivity contribution in [2.45, 2.75) is 0 Å². The maximum absolute atomic E-state index is 12.0. The van der Waals surface area contributed by atoms with Crippen LogP contribution in [0.5, 0.6) is 0 Å². The lowest BCUT2D eigenvalue weighted by atomic mass is 10.2. The van der Waals surface area contributed by atoms with Crippen LogP contribution in [0.15, 0.2) is 60.7 Å². The highest BCUT2D eigenvalue weighted by Crippen LogP contribution is 2.17. The van der Waals surface area contributed by atoms with E-state index in [4.69, 9.17) is 11.6 Å². The minimum absolute atomic E-state index is 0.0776. The minimum atomic E-state index is -0.0776. The molecule has 96 valence electrons. The van der Waals surface area contributed by atoms with Gasteiger partial charge in [-0.3, -0.25) is 4.79 Å². The standard InChI is InChI=1S/C16H14ClNO/c1-18(15-10-8-14(17)9-11-15)16(19)12-7-13-5-3-2-4-6-13/h2-12H,1H3/b12-7+. The maximum atomic E-state index is 12.0. The van der Waals surface area contributed by atoms with E-state index in [1.54, 1.807) is 36.2 Å². The second kappa shape index (κ2) is 6.21. The summed E-state index contributed by atoms with van der Waals surface area (Å²) in [4.78, 5) is 13.6. The van der Waals surface area contributed by atoms with E-state index < -0.39 is 0 Å². The Bertz CT molecular complexity index is 575. The number of likely N-dealkylation sites (N-methyl/N-ethyl adjacent to an activating group) is 1. The zero-order valence-electron chi connectivity index (χ0n) is 10.6. The van der Waals surface area contributed by atoms with Gasteiger partial charge in [-0.1, -0.05) is 41.9 Å². The number of hydrogen-bond acceptors (Lipinski definition) is 1. The number of hydrogen-bond donors (Lipinski definition) is 0. The Hall–Kier alpha value is -2.06. The lowest BCUT2D eigenvalue weighted by Gasteiger charge is -2.15. The molecular formula is C16H14ClNO. The van der Waals surface area contributed by atoms with Gasteiger partial charge in [-0.2, -0.15) is 0 Å². The molecule has 0 N–H and O–H groups in total. The van der Waals surface area contributed by atoms with Gasteiger partial charge >= 0.3 is 0 Å². The number of nitrogens with zero attached hydrogens (tertiary/aromatic N) is 1. The molecule has 2 aromatic rings. The van der Waals surface area contributed by atoms with Gasteiger partial charge in [0.05, 0.1) is 0 Å². The van der Waals surface area contributed by atoms with Crippen molar-refractivity contribution < 1.29 is 4.79 Å². The van der Waals surface area contributed by atoms with Crippen LogP contribution in [0, 0.1) is 0 Å². The molecule has 2 rings (SSSR count). The van der Waals surface area contributed by atoms with Crippen molar-refractivity contribution in [1.82, 2.24) is 0 Å². The van der Waals surface area contributed by atoms with Crippen molar-refractivity contribution in [3.8, 4) is 0 Å². The summed E-state index contributed by atoms with van der Waals surface area (Å²) in [6.45, 7) is 0. The SMILES string of the molecule is CN(C(=O)/C=C/c1ccccc1)c1ccc(Cl)cc1. The summed E-state index contributed by atoms with van der Waals surface area (Å²) in [5.41, 5.74) is 1.81.